The van der Waals surface area contributed by atoms with Gasteiger partial charge in [0.2, 0.25) is 5.91 Å². The number of thiophene rings is 1. The Morgan fingerprint density at radius 1 is 1.35 bits per heavy atom. The van der Waals surface area contributed by atoms with Gasteiger partial charge in [0, 0.05) is 10.6 Å². The molecule has 2 aromatic rings. The van der Waals surface area contributed by atoms with E-state index in [0.29, 0.717) is 12.1 Å². The summed E-state index contributed by atoms with van der Waals surface area (Å²) in [7, 11) is 1.28. The fraction of sp³-hybridized carbons (Fsp3) is 0.143. The average Bonchev–Trinajstić information content (AvgIpc) is 2.92. The Balaban J connectivity index is 2.09. The molecule has 6 heteroatoms. The molecule has 104 valence electrons. The number of anilines is 1. The van der Waals surface area contributed by atoms with Gasteiger partial charge >= 0.3 is 5.97 Å². The van der Waals surface area contributed by atoms with Crippen molar-refractivity contribution in [2.24, 2.45) is 0 Å². The zero-order valence-corrected chi connectivity index (χ0v) is 12.3. The smallest absolute Gasteiger partial charge is 0.339 e. The summed E-state index contributed by atoms with van der Waals surface area (Å²) in [6.45, 7) is 0. The van der Waals surface area contributed by atoms with E-state index in [1.165, 1.54) is 24.5 Å². The van der Waals surface area contributed by atoms with Crippen LogP contribution >= 0.6 is 22.9 Å². The molecule has 4 nitrogen and oxygen atoms in total. The summed E-state index contributed by atoms with van der Waals surface area (Å²) in [5.74, 6) is -0.685. The van der Waals surface area contributed by atoms with E-state index in [9.17, 15) is 9.59 Å². The Morgan fingerprint density at radius 3 is 2.80 bits per heavy atom. The number of rotatable bonds is 4. The first kappa shape index (κ1) is 14.6. The van der Waals surface area contributed by atoms with Crippen molar-refractivity contribution in [2.75, 3.05) is 12.4 Å². The molecule has 1 aromatic carbocycles. The molecule has 0 bridgehead atoms. The second kappa shape index (κ2) is 6.54. The van der Waals surface area contributed by atoms with Crippen LogP contribution in [0.3, 0.4) is 0 Å². The van der Waals surface area contributed by atoms with Crippen LogP contribution in [-0.2, 0) is 16.0 Å². The molecule has 0 saturated carbocycles. The fourth-order valence-corrected chi connectivity index (χ4v) is 2.54. The van der Waals surface area contributed by atoms with E-state index in [1.807, 2.05) is 17.5 Å². The highest BCUT2D eigenvalue weighted by Crippen LogP contribution is 2.21. The zero-order valence-electron chi connectivity index (χ0n) is 10.7. The van der Waals surface area contributed by atoms with Crippen molar-refractivity contribution in [3.63, 3.8) is 0 Å². The van der Waals surface area contributed by atoms with Crippen LogP contribution in [0.5, 0.6) is 0 Å². The van der Waals surface area contributed by atoms with Gasteiger partial charge in [-0.2, -0.15) is 0 Å². The number of esters is 1. The largest absolute Gasteiger partial charge is 0.465 e. The highest BCUT2D eigenvalue weighted by Gasteiger charge is 2.12. The van der Waals surface area contributed by atoms with E-state index < -0.39 is 5.97 Å². The predicted octanol–water partition coefficient (Wildman–Crippen LogP) is 3.37. The average molecular weight is 310 g/mol. The highest BCUT2D eigenvalue weighted by molar-refractivity contribution is 7.10. The first-order valence-corrected chi connectivity index (χ1v) is 7.06. The van der Waals surface area contributed by atoms with Gasteiger partial charge in [0.05, 0.1) is 24.1 Å². The second-order valence-electron chi connectivity index (χ2n) is 3.99. The van der Waals surface area contributed by atoms with Crippen molar-refractivity contribution in [3.8, 4) is 0 Å². The molecule has 0 unspecified atom stereocenters. The maximum Gasteiger partial charge on any atom is 0.339 e. The molecule has 1 amide bonds. The van der Waals surface area contributed by atoms with Crippen molar-refractivity contribution in [1.29, 1.82) is 0 Å². The van der Waals surface area contributed by atoms with Crippen LogP contribution in [0.2, 0.25) is 5.02 Å². The lowest BCUT2D eigenvalue weighted by molar-refractivity contribution is -0.115. The minimum absolute atomic E-state index is 0.148. The number of amides is 1. The summed E-state index contributed by atoms with van der Waals surface area (Å²) in [5, 5.41) is 4.93. The molecule has 0 radical (unpaired) electrons. The third-order valence-corrected chi connectivity index (χ3v) is 3.78. The maximum absolute atomic E-state index is 11.9. The molecule has 0 spiro atoms. The number of benzene rings is 1. The van der Waals surface area contributed by atoms with Gasteiger partial charge in [0.25, 0.3) is 0 Å². The molecule has 0 aliphatic rings. The number of hydrogen-bond donors (Lipinski definition) is 1. The minimum atomic E-state index is -0.538. The highest BCUT2D eigenvalue weighted by atomic mass is 35.5. The molecule has 0 saturated heterocycles. The number of carbonyl (C=O) groups is 2. The lowest BCUT2D eigenvalue weighted by atomic mass is 10.2. The van der Waals surface area contributed by atoms with Crippen molar-refractivity contribution in [2.45, 2.75) is 6.42 Å². The summed E-state index contributed by atoms with van der Waals surface area (Å²) in [5.41, 5.74) is 0.736. The van der Waals surface area contributed by atoms with Crippen LogP contribution < -0.4 is 5.32 Å². The van der Waals surface area contributed by atoms with E-state index in [-0.39, 0.29) is 16.5 Å². The van der Waals surface area contributed by atoms with Gasteiger partial charge < -0.3 is 10.1 Å². The van der Waals surface area contributed by atoms with Crippen molar-refractivity contribution < 1.29 is 14.3 Å². The van der Waals surface area contributed by atoms with E-state index in [0.717, 1.165) is 4.88 Å². The first-order chi connectivity index (χ1) is 9.60. The summed E-state index contributed by atoms with van der Waals surface area (Å²) in [6, 6.07) is 8.48. The van der Waals surface area contributed by atoms with E-state index >= 15 is 0 Å². The molecule has 20 heavy (non-hydrogen) atoms. The lowest BCUT2D eigenvalue weighted by Crippen LogP contribution is -2.14. The molecule has 1 aromatic heterocycles. The van der Waals surface area contributed by atoms with Gasteiger partial charge in [-0.3, -0.25) is 4.79 Å². The van der Waals surface area contributed by atoms with Crippen LogP contribution in [0.1, 0.15) is 15.2 Å². The number of hydrogen-bond acceptors (Lipinski definition) is 4. The Labute approximate surface area is 125 Å². The van der Waals surface area contributed by atoms with Crippen LogP contribution in [0, 0.1) is 0 Å². The normalized spacial score (nSPS) is 10.1. The Kier molecular flexibility index (Phi) is 4.76. The molecule has 0 aliphatic carbocycles. The molecular weight excluding hydrogens is 298 g/mol. The van der Waals surface area contributed by atoms with Gasteiger partial charge in [-0.1, -0.05) is 17.7 Å². The van der Waals surface area contributed by atoms with Crippen LogP contribution in [0.15, 0.2) is 35.7 Å². The molecular formula is C14H12ClNO3S. The topological polar surface area (TPSA) is 55.4 Å². The molecule has 0 aliphatic heterocycles. The van der Waals surface area contributed by atoms with Crippen molar-refractivity contribution in [1.82, 2.24) is 0 Å². The Bertz CT molecular complexity index is 625. The van der Waals surface area contributed by atoms with Crippen LogP contribution in [0.25, 0.3) is 0 Å². The fourth-order valence-electron chi connectivity index (χ4n) is 1.65. The van der Waals surface area contributed by atoms with Gasteiger partial charge in [-0.25, -0.2) is 4.79 Å². The molecule has 2 rings (SSSR count). The summed E-state index contributed by atoms with van der Waals surface area (Å²) < 4.78 is 4.63. The Hall–Kier alpha value is -1.85. The number of nitrogens with one attached hydrogen (secondary N) is 1. The molecule has 0 fully saturated rings. The van der Waals surface area contributed by atoms with Gasteiger partial charge in [-0.15, -0.1) is 11.3 Å². The molecule has 1 N–H and O–H groups in total. The van der Waals surface area contributed by atoms with Gasteiger partial charge in [0.15, 0.2) is 0 Å². The van der Waals surface area contributed by atoms with Gasteiger partial charge in [0.1, 0.15) is 0 Å². The lowest BCUT2D eigenvalue weighted by Gasteiger charge is -2.07. The third kappa shape index (κ3) is 3.59. The predicted molar refractivity (Wildman–Crippen MR) is 79.4 cm³/mol. The third-order valence-electron chi connectivity index (χ3n) is 2.57. The molecule has 0 atom stereocenters. The summed E-state index contributed by atoms with van der Waals surface area (Å²) in [4.78, 5) is 24.3. The number of ether oxygens (including phenoxy) is 1. The molecule has 1 heterocycles. The summed E-state index contributed by atoms with van der Waals surface area (Å²) >= 11 is 7.43. The summed E-state index contributed by atoms with van der Waals surface area (Å²) in [6.07, 6.45) is 0.299. The zero-order chi connectivity index (χ0) is 14.5. The van der Waals surface area contributed by atoms with Crippen LogP contribution in [-0.4, -0.2) is 19.0 Å². The van der Waals surface area contributed by atoms with Crippen molar-refractivity contribution in [3.05, 3.63) is 51.2 Å². The van der Waals surface area contributed by atoms with E-state index in [1.54, 1.807) is 12.1 Å². The number of carbonyl (C=O) groups excluding carboxylic acids is 2. The quantitative estimate of drug-likeness (QED) is 0.881. The Morgan fingerprint density at radius 2 is 2.15 bits per heavy atom. The first-order valence-electron chi connectivity index (χ1n) is 5.80. The van der Waals surface area contributed by atoms with E-state index in [4.69, 9.17) is 11.6 Å². The SMILES string of the molecule is COC(=O)c1cc(NC(=O)Cc2cccs2)ccc1Cl. The minimum Gasteiger partial charge on any atom is -0.465 e. The van der Waals surface area contributed by atoms with Crippen LogP contribution in [0.4, 0.5) is 5.69 Å². The second-order valence-corrected chi connectivity index (χ2v) is 5.43. The van der Waals surface area contributed by atoms with Crippen molar-refractivity contribution >= 4 is 40.5 Å². The number of methoxy groups -OCH3 is 1. The maximum atomic E-state index is 11.9. The van der Waals surface area contributed by atoms with E-state index in [2.05, 4.69) is 10.1 Å². The van der Waals surface area contributed by atoms with Gasteiger partial charge in [-0.05, 0) is 29.6 Å². The standard InChI is InChI=1S/C14H12ClNO3S/c1-19-14(18)11-7-9(4-5-12(11)15)16-13(17)8-10-3-2-6-20-10/h2-7H,8H2,1H3,(H,16,17). The number of halogens is 1. The monoisotopic (exact) mass is 309 g/mol.